The quantitative estimate of drug-likeness (QED) is 0.807. The molecule has 1 aromatic heterocycles. The number of carboxylic acids is 1. The van der Waals surface area contributed by atoms with Crippen molar-refractivity contribution in [2.45, 2.75) is 32.4 Å². The molecule has 19 heavy (non-hydrogen) atoms. The van der Waals surface area contributed by atoms with Crippen LogP contribution in [0.1, 0.15) is 32.6 Å². The Balaban J connectivity index is 2.73. The van der Waals surface area contributed by atoms with Crippen LogP contribution in [0.15, 0.2) is 5.18 Å². The fourth-order valence-electron chi connectivity index (χ4n) is 0.990. The predicted octanol–water partition coefficient (Wildman–Crippen LogP) is 1.78. The number of anilines is 1. The minimum atomic E-state index is -1.69. The lowest BCUT2D eigenvalue weighted by Crippen LogP contribution is -2.27. The van der Waals surface area contributed by atoms with Crippen molar-refractivity contribution in [3.8, 4) is 0 Å². The third kappa shape index (κ3) is 4.58. The highest BCUT2D eigenvalue weighted by atomic mass is 32.1. The van der Waals surface area contributed by atoms with E-state index in [9.17, 15) is 14.5 Å². The van der Waals surface area contributed by atoms with Gasteiger partial charge in [-0.1, -0.05) is 0 Å². The number of carboxylic acid groups (broad SMARTS) is 1. The van der Waals surface area contributed by atoms with Gasteiger partial charge < -0.3 is 9.84 Å². The maximum Gasteiger partial charge on any atom is 0.414 e. The van der Waals surface area contributed by atoms with Crippen molar-refractivity contribution >= 4 is 28.7 Å². The molecule has 104 valence electrons. The molecule has 0 aliphatic heterocycles. The Morgan fingerprint density at radius 3 is 2.58 bits per heavy atom. The summed E-state index contributed by atoms with van der Waals surface area (Å²) >= 11 is 0.730. The smallest absolute Gasteiger partial charge is 0.414 e. The Morgan fingerprint density at radius 1 is 1.47 bits per heavy atom. The monoisotopic (exact) mass is 288 g/mol. The Kier molecular flexibility index (Phi) is 4.48. The van der Waals surface area contributed by atoms with Gasteiger partial charge in [-0.15, -0.1) is 4.91 Å². The van der Waals surface area contributed by atoms with Gasteiger partial charge in [-0.25, -0.2) is 9.59 Å². The molecule has 0 aromatic carbocycles. The third-order valence-corrected chi connectivity index (χ3v) is 2.28. The van der Waals surface area contributed by atoms with E-state index in [0.29, 0.717) is 0 Å². The van der Waals surface area contributed by atoms with E-state index in [1.807, 2.05) is 0 Å². The summed E-state index contributed by atoms with van der Waals surface area (Å²) in [5.41, 5.74) is -0.675. The zero-order valence-corrected chi connectivity index (χ0v) is 11.2. The molecule has 0 fully saturated rings. The first kappa shape index (κ1) is 15.0. The number of hydrogen-bond donors (Lipinski definition) is 2. The molecule has 1 aromatic rings. The standard InChI is InChI=1S/C9H12N4O5S/c1-9(2,3)18-8(16)11-7-10-5(13-19-7)4(12-17)6(14)15/h4H,1-3H3,(H,14,15)(H,10,11,13,16). The van der Waals surface area contributed by atoms with Crippen LogP contribution in [0.3, 0.4) is 0 Å². The number of rotatable bonds is 4. The zero-order chi connectivity index (χ0) is 14.6. The van der Waals surface area contributed by atoms with Gasteiger partial charge in [0.15, 0.2) is 5.82 Å². The van der Waals surface area contributed by atoms with Gasteiger partial charge in [0.2, 0.25) is 11.2 Å². The summed E-state index contributed by atoms with van der Waals surface area (Å²) in [6.07, 6.45) is -0.749. The molecule has 9 nitrogen and oxygen atoms in total. The lowest BCUT2D eigenvalue weighted by atomic mass is 10.2. The van der Waals surface area contributed by atoms with Crippen LogP contribution in [-0.4, -0.2) is 32.1 Å². The van der Waals surface area contributed by atoms with Crippen LogP contribution in [0.5, 0.6) is 0 Å². The van der Waals surface area contributed by atoms with Crippen molar-refractivity contribution in [2.24, 2.45) is 5.18 Å². The number of ether oxygens (including phenoxy) is 1. The molecule has 2 N–H and O–H groups in total. The highest BCUT2D eigenvalue weighted by molar-refractivity contribution is 7.09. The molecule has 1 heterocycles. The predicted molar refractivity (Wildman–Crippen MR) is 65.9 cm³/mol. The first-order chi connectivity index (χ1) is 8.73. The molecular weight excluding hydrogens is 276 g/mol. The van der Waals surface area contributed by atoms with Crippen LogP contribution in [-0.2, 0) is 9.53 Å². The number of carbonyl (C=O) groups excluding carboxylic acids is 1. The summed E-state index contributed by atoms with van der Waals surface area (Å²) in [7, 11) is 0. The molecule has 0 saturated heterocycles. The van der Waals surface area contributed by atoms with Gasteiger partial charge in [-0.2, -0.15) is 9.36 Å². The second kappa shape index (κ2) is 5.69. The SMILES string of the molecule is CC(C)(C)OC(=O)Nc1nc(C(N=O)C(=O)O)ns1. The average Bonchev–Trinajstić information content (AvgIpc) is 2.63. The van der Waals surface area contributed by atoms with E-state index in [1.165, 1.54) is 0 Å². The first-order valence-electron chi connectivity index (χ1n) is 5.12. The van der Waals surface area contributed by atoms with Crippen LogP contribution >= 0.6 is 11.5 Å². The number of carbonyl (C=O) groups is 2. The molecule has 0 radical (unpaired) electrons. The van der Waals surface area contributed by atoms with E-state index in [1.54, 1.807) is 20.8 Å². The topological polar surface area (TPSA) is 131 Å². The molecule has 0 bridgehead atoms. The van der Waals surface area contributed by atoms with Crippen molar-refractivity contribution in [1.29, 1.82) is 0 Å². The van der Waals surface area contributed by atoms with Crippen molar-refractivity contribution in [2.75, 3.05) is 5.32 Å². The normalized spacial score (nSPS) is 12.6. The number of nitroso groups, excluding NO2 is 1. The van der Waals surface area contributed by atoms with Gasteiger partial charge in [0, 0.05) is 11.5 Å². The fourth-order valence-corrected chi connectivity index (χ4v) is 1.57. The second-order valence-electron chi connectivity index (χ2n) is 4.43. The molecule has 0 saturated carbocycles. The van der Waals surface area contributed by atoms with Crippen LogP contribution in [0.2, 0.25) is 0 Å². The van der Waals surface area contributed by atoms with E-state index < -0.39 is 23.7 Å². The van der Waals surface area contributed by atoms with Crippen molar-refractivity contribution in [3.63, 3.8) is 0 Å². The van der Waals surface area contributed by atoms with Crippen molar-refractivity contribution < 1.29 is 19.4 Å². The summed E-state index contributed by atoms with van der Waals surface area (Å²) in [5.74, 6) is -1.74. The van der Waals surface area contributed by atoms with Gasteiger partial charge in [-0.05, 0) is 25.9 Å². The first-order valence-corrected chi connectivity index (χ1v) is 5.89. The number of nitrogens with zero attached hydrogens (tertiary/aromatic N) is 3. The Labute approximate surface area is 112 Å². The lowest BCUT2D eigenvalue weighted by Gasteiger charge is -2.18. The summed E-state index contributed by atoms with van der Waals surface area (Å²) in [6, 6.07) is -1.69. The molecule has 1 unspecified atom stereocenters. The summed E-state index contributed by atoms with van der Waals surface area (Å²) < 4.78 is 8.62. The Hall–Kier alpha value is -2.10. The van der Waals surface area contributed by atoms with Gasteiger partial charge in [0.05, 0.1) is 0 Å². The van der Waals surface area contributed by atoms with E-state index in [2.05, 4.69) is 19.9 Å². The molecule has 0 aliphatic carbocycles. The second-order valence-corrected chi connectivity index (χ2v) is 5.18. The van der Waals surface area contributed by atoms with Crippen LogP contribution in [0.4, 0.5) is 9.93 Å². The zero-order valence-electron chi connectivity index (χ0n) is 10.4. The number of amides is 1. The van der Waals surface area contributed by atoms with Crippen molar-refractivity contribution in [1.82, 2.24) is 9.36 Å². The highest BCUT2D eigenvalue weighted by Gasteiger charge is 2.26. The van der Waals surface area contributed by atoms with Crippen LogP contribution < -0.4 is 5.32 Å². The maximum atomic E-state index is 11.4. The molecule has 0 spiro atoms. The van der Waals surface area contributed by atoms with Crippen LogP contribution in [0.25, 0.3) is 0 Å². The van der Waals surface area contributed by atoms with E-state index in [4.69, 9.17) is 9.84 Å². The van der Waals surface area contributed by atoms with Gasteiger partial charge in [-0.3, -0.25) is 5.32 Å². The molecule has 1 amide bonds. The molecule has 1 rings (SSSR count). The maximum absolute atomic E-state index is 11.4. The number of aliphatic carboxylic acids is 1. The lowest BCUT2D eigenvalue weighted by molar-refractivity contribution is -0.138. The van der Waals surface area contributed by atoms with Gasteiger partial charge in [0.1, 0.15) is 5.60 Å². The number of hydrogen-bond acceptors (Lipinski definition) is 8. The summed E-state index contributed by atoms with van der Waals surface area (Å²) in [6.45, 7) is 5.07. The van der Waals surface area contributed by atoms with Crippen LogP contribution in [0, 0.1) is 4.91 Å². The average molecular weight is 288 g/mol. The molecule has 1 atom stereocenters. The van der Waals surface area contributed by atoms with E-state index >= 15 is 0 Å². The minimum Gasteiger partial charge on any atom is -0.479 e. The summed E-state index contributed by atoms with van der Waals surface area (Å²) in [5, 5.41) is 13.4. The van der Waals surface area contributed by atoms with Crippen molar-refractivity contribution in [3.05, 3.63) is 10.7 Å². The number of nitrogens with one attached hydrogen (secondary N) is 1. The Morgan fingerprint density at radius 2 is 2.11 bits per heavy atom. The van der Waals surface area contributed by atoms with Gasteiger partial charge in [0.25, 0.3) is 0 Å². The largest absolute Gasteiger partial charge is 0.479 e. The molecule has 10 heteroatoms. The minimum absolute atomic E-state index is 0.0270. The van der Waals surface area contributed by atoms with Gasteiger partial charge >= 0.3 is 12.1 Å². The molecular formula is C9H12N4O5S. The molecule has 0 aliphatic rings. The third-order valence-electron chi connectivity index (χ3n) is 1.63. The number of aromatic nitrogens is 2. The highest BCUT2D eigenvalue weighted by Crippen LogP contribution is 2.20. The van der Waals surface area contributed by atoms with E-state index in [0.717, 1.165) is 11.5 Å². The summed E-state index contributed by atoms with van der Waals surface area (Å²) in [4.78, 5) is 36.1. The Bertz CT molecular complexity index is 495. The van der Waals surface area contributed by atoms with E-state index in [-0.39, 0.29) is 11.0 Å². The fraction of sp³-hybridized carbons (Fsp3) is 0.556.